The van der Waals surface area contributed by atoms with E-state index in [-0.39, 0.29) is 0 Å². The number of aromatic nitrogens is 4. The Bertz CT molecular complexity index is 317. The molecular formula is C12H24N6. The number of hydrogen-bond acceptors (Lipinski definition) is 5. The average Bonchev–Trinajstić information content (AvgIpc) is 2.90. The SMILES string of the molecule is CCCN1CCC(C(C)NCc2nn[nH]n2)CC1. The average molecular weight is 252 g/mol. The number of nitrogens with zero attached hydrogens (tertiary/aromatic N) is 4. The number of nitrogens with one attached hydrogen (secondary N) is 2. The van der Waals surface area contributed by atoms with Crippen molar-refractivity contribution >= 4 is 0 Å². The third-order valence-electron chi connectivity index (χ3n) is 3.85. The molecule has 1 aliphatic heterocycles. The number of likely N-dealkylation sites (tertiary alicyclic amines) is 1. The number of hydrogen-bond donors (Lipinski definition) is 2. The van der Waals surface area contributed by atoms with Crippen molar-refractivity contribution in [3.05, 3.63) is 5.82 Å². The predicted molar refractivity (Wildman–Crippen MR) is 69.9 cm³/mol. The second-order valence-corrected chi connectivity index (χ2v) is 5.18. The van der Waals surface area contributed by atoms with Crippen molar-refractivity contribution in [1.29, 1.82) is 0 Å². The zero-order chi connectivity index (χ0) is 12.8. The zero-order valence-electron chi connectivity index (χ0n) is 11.4. The van der Waals surface area contributed by atoms with Gasteiger partial charge in [-0.3, -0.25) is 0 Å². The van der Waals surface area contributed by atoms with Crippen LogP contribution in [0.4, 0.5) is 0 Å². The molecule has 1 unspecified atom stereocenters. The van der Waals surface area contributed by atoms with E-state index in [9.17, 15) is 0 Å². The van der Waals surface area contributed by atoms with Gasteiger partial charge in [0, 0.05) is 6.04 Å². The normalized spacial score (nSPS) is 20.1. The molecule has 0 radical (unpaired) electrons. The molecule has 2 heterocycles. The molecule has 1 atom stereocenters. The molecule has 1 fully saturated rings. The van der Waals surface area contributed by atoms with Crippen molar-refractivity contribution in [3.63, 3.8) is 0 Å². The maximum Gasteiger partial charge on any atom is 0.188 e. The van der Waals surface area contributed by atoms with E-state index in [0.29, 0.717) is 12.6 Å². The summed E-state index contributed by atoms with van der Waals surface area (Å²) >= 11 is 0. The van der Waals surface area contributed by atoms with Crippen LogP contribution < -0.4 is 5.32 Å². The van der Waals surface area contributed by atoms with Crippen LogP contribution in [0.25, 0.3) is 0 Å². The van der Waals surface area contributed by atoms with E-state index in [1.165, 1.54) is 38.9 Å². The minimum absolute atomic E-state index is 0.521. The van der Waals surface area contributed by atoms with Crippen LogP contribution in [0, 0.1) is 5.92 Å². The summed E-state index contributed by atoms with van der Waals surface area (Å²) in [5.41, 5.74) is 0. The van der Waals surface area contributed by atoms with Crippen molar-refractivity contribution in [1.82, 2.24) is 30.8 Å². The highest BCUT2D eigenvalue weighted by Crippen LogP contribution is 2.20. The summed E-state index contributed by atoms with van der Waals surface area (Å²) in [7, 11) is 0. The molecule has 18 heavy (non-hydrogen) atoms. The van der Waals surface area contributed by atoms with Crippen molar-refractivity contribution in [2.45, 2.75) is 45.7 Å². The van der Waals surface area contributed by atoms with Gasteiger partial charge in [-0.05, 0) is 51.7 Å². The van der Waals surface area contributed by atoms with Gasteiger partial charge in [0.2, 0.25) is 0 Å². The van der Waals surface area contributed by atoms with Crippen LogP contribution in [0.3, 0.4) is 0 Å². The lowest BCUT2D eigenvalue weighted by atomic mass is 9.90. The monoisotopic (exact) mass is 252 g/mol. The van der Waals surface area contributed by atoms with E-state index in [0.717, 1.165) is 11.7 Å². The van der Waals surface area contributed by atoms with Gasteiger partial charge < -0.3 is 10.2 Å². The van der Waals surface area contributed by atoms with E-state index < -0.39 is 0 Å². The van der Waals surface area contributed by atoms with Gasteiger partial charge in [-0.1, -0.05) is 12.1 Å². The van der Waals surface area contributed by atoms with E-state index >= 15 is 0 Å². The van der Waals surface area contributed by atoms with Crippen molar-refractivity contribution in [2.24, 2.45) is 5.92 Å². The molecule has 1 aliphatic rings. The summed E-state index contributed by atoms with van der Waals surface area (Å²) in [6.07, 6.45) is 3.84. The zero-order valence-corrected chi connectivity index (χ0v) is 11.4. The molecular weight excluding hydrogens is 228 g/mol. The largest absolute Gasteiger partial charge is 0.307 e. The van der Waals surface area contributed by atoms with Crippen molar-refractivity contribution in [2.75, 3.05) is 19.6 Å². The van der Waals surface area contributed by atoms with E-state index in [4.69, 9.17) is 0 Å². The van der Waals surface area contributed by atoms with Crippen LogP contribution in [0.15, 0.2) is 0 Å². The van der Waals surface area contributed by atoms with E-state index in [1.807, 2.05) is 0 Å². The summed E-state index contributed by atoms with van der Waals surface area (Å²) in [5, 5.41) is 17.4. The molecule has 1 saturated heterocycles. The highest BCUT2D eigenvalue weighted by Gasteiger charge is 2.23. The topological polar surface area (TPSA) is 69.7 Å². The summed E-state index contributed by atoms with van der Waals surface area (Å²) in [4.78, 5) is 2.57. The fourth-order valence-electron chi connectivity index (χ4n) is 2.67. The smallest absolute Gasteiger partial charge is 0.188 e. The fraction of sp³-hybridized carbons (Fsp3) is 0.917. The molecule has 2 N–H and O–H groups in total. The van der Waals surface area contributed by atoms with E-state index in [1.54, 1.807) is 0 Å². The number of H-pyrrole nitrogens is 1. The van der Waals surface area contributed by atoms with Crippen LogP contribution in [-0.2, 0) is 6.54 Å². The number of tetrazole rings is 1. The molecule has 0 amide bonds. The first-order valence-electron chi connectivity index (χ1n) is 6.97. The Hall–Kier alpha value is -1.01. The molecule has 0 saturated carbocycles. The first-order chi connectivity index (χ1) is 8.79. The third-order valence-corrected chi connectivity index (χ3v) is 3.85. The molecule has 102 valence electrons. The summed E-state index contributed by atoms with van der Waals surface area (Å²) < 4.78 is 0. The van der Waals surface area contributed by atoms with Gasteiger partial charge in [0.15, 0.2) is 5.82 Å². The quantitative estimate of drug-likeness (QED) is 0.783. The van der Waals surface area contributed by atoms with Crippen LogP contribution in [0.2, 0.25) is 0 Å². The Labute approximate surface area is 109 Å². The Kier molecular flexibility index (Phi) is 5.07. The fourth-order valence-corrected chi connectivity index (χ4v) is 2.67. The molecule has 0 aliphatic carbocycles. The number of piperidine rings is 1. The summed E-state index contributed by atoms with van der Waals surface area (Å²) in [5.74, 6) is 1.51. The Morgan fingerprint density at radius 2 is 2.22 bits per heavy atom. The van der Waals surface area contributed by atoms with Gasteiger partial charge in [0.05, 0.1) is 6.54 Å². The highest BCUT2D eigenvalue weighted by atomic mass is 15.5. The lowest BCUT2D eigenvalue weighted by molar-refractivity contribution is 0.162. The van der Waals surface area contributed by atoms with Gasteiger partial charge in [0.25, 0.3) is 0 Å². The van der Waals surface area contributed by atoms with Crippen LogP contribution >= 0.6 is 0 Å². The van der Waals surface area contributed by atoms with E-state index in [2.05, 4.69) is 44.7 Å². The van der Waals surface area contributed by atoms with Gasteiger partial charge in [-0.25, -0.2) is 0 Å². The first kappa shape index (κ1) is 13.4. The number of rotatable bonds is 6. The minimum atomic E-state index is 0.521. The number of aromatic amines is 1. The maximum atomic E-state index is 3.95. The van der Waals surface area contributed by atoms with Crippen molar-refractivity contribution < 1.29 is 0 Å². The second kappa shape index (κ2) is 6.80. The highest BCUT2D eigenvalue weighted by molar-refractivity contribution is 4.82. The molecule has 1 aromatic rings. The molecule has 0 bridgehead atoms. The van der Waals surface area contributed by atoms with Crippen molar-refractivity contribution in [3.8, 4) is 0 Å². The van der Waals surface area contributed by atoms with Crippen LogP contribution in [0.1, 0.15) is 38.9 Å². The Balaban J connectivity index is 1.69. The Morgan fingerprint density at radius 1 is 1.44 bits per heavy atom. The molecule has 0 spiro atoms. The van der Waals surface area contributed by atoms with Crippen LogP contribution in [-0.4, -0.2) is 51.2 Å². The summed E-state index contributed by atoms with van der Waals surface area (Å²) in [6, 6.07) is 0.521. The van der Waals surface area contributed by atoms with Gasteiger partial charge in [-0.2, -0.15) is 5.21 Å². The molecule has 6 nitrogen and oxygen atoms in total. The van der Waals surface area contributed by atoms with Gasteiger partial charge >= 0.3 is 0 Å². The summed E-state index contributed by atoms with van der Waals surface area (Å²) in [6.45, 7) is 8.95. The molecule has 1 aromatic heterocycles. The lowest BCUT2D eigenvalue weighted by Crippen LogP contribution is -2.42. The lowest BCUT2D eigenvalue weighted by Gasteiger charge is -2.34. The first-order valence-corrected chi connectivity index (χ1v) is 6.97. The van der Waals surface area contributed by atoms with Gasteiger partial charge in [0.1, 0.15) is 0 Å². The second-order valence-electron chi connectivity index (χ2n) is 5.18. The molecule has 0 aromatic carbocycles. The minimum Gasteiger partial charge on any atom is -0.307 e. The molecule has 2 rings (SSSR count). The maximum absolute atomic E-state index is 3.95. The van der Waals surface area contributed by atoms with Crippen LogP contribution in [0.5, 0.6) is 0 Å². The Morgan fingerprint density at radius 3 is 2.83 bits per heavy atom. The standard InChI is InChI=1S/C12H24N6/c1-3-6-18-7-4-11(5-8-18)10(2)13-9-12-14-16-17-15-12/h10-11,13H,3-9H2,1-2H3,(H,14,15,16,17). The molecule has 6 heteroatoms. The van der Waals surface area contributed by atoms with Gasteiger partial charge in [-0.15, -0.1) is 10.2 Å². The third kappa shape index (κ3) is 3.74. The predicted octanol–water partition coefficient (Wildman–Crippen LogP) is 0.800.